The van der Waals surface area contributed by atoms with Gasteiger partial charge in [-0.1, -0.05) is 0 Å². The molecule has 0 radical (unpaired) electrons. The van der Waals surface area contributed by atoms with Gasteiger partial charge in [-0.3, -0.25) is 4.98 Å². The molecule has 0 amide bonds. The molecule has 0 saturated carbocycles. The molecule has 0 unspecified atom stereocenters. The molecule has 0 saturated heterocycles. The molecule has 0 spiro atoms. The normalized spacial score (nSPS) is 10.9. The molecular weight excluding hydrogens is 354 g/mol. The Balaban J connectivity index is 2.02. The molecule has 2 heterocycles. The second kappa shape index (κ2) is 7.79. The number of methoxy groups -OCH3 is 3. The van der Waals surface area contributed by atoms with E-state index in [1.165, 1.54) is 4.68 Å². The van der Waals surface area contributed by atoms with E-state index in [2.05, 4.69) is 20.3 Å². The van der Waals surface area contributed by atoms with E-state index in [1.54, 1.807) is 52.1 Å². The number of aromatic nitrogens is 4. The Morgan fingerprint density at radius 3 is 2.31 bits per heavy atom. The summed E-state index contributed by atoms with van der Waals surface area (Å²) in [7, 11) is 4.68. The highest BCUT2D eigenvalue weighted by Gasteiger charge is 2.13. The van der Waals surface area contributed by atoms with Crippen molar-refractivity contribution >= 4 is 18.4 Å². The van der Waals surface area contributed by atoms with Crippen molar-refractivity contribution in [3.05, 3.63) is 47.0 Å². The minimum Gasteiger partial charge on any atom is -0.493 e. The highest BCUT2D eigenvalue weighted by atomic mass is 32.1. The minimum absolute atomic E-state index is 0.375. The first-order chi connectivity index (χ1) is 12.7. The van der Waals surface area contributed by atoms with Crippen LogP contribution in [0.3, 0.4) is 0 Å². The SMILES string of the molecule is COc1cc(/C=N\n2c(-c3ccncc3)n[nH]c2=S)cc(OC)c1OC. The Morgan fingerprint density at radius 1 is 1.08 bits per heavy atom. The maximum Gasteiger partial charge on any atom is 0.216 e. The van der Waals surface area contributed by atoms with Crippen molar-refractivity contribution in [2.24, 2.45) is 5.10 Å². The van der Waals surface area contributed by atoms with Crippen molar-refractivity contribution < 1.29 is 14.2 Å². The van der Waals surface area contributed by atoms with E-state index < -0.39 is 0 Å². The summed E-state index contributed by atoms with van der Waals surface area (Å²) in [5.74, 6) is 2.18. The predicted octanol–water partition coefficient (Wildman–Crippen LogP) is 2.91. The van der Waals surface area contributed by atoms with E-state index in [9.17, 15) is 0 Å². The van der Waals surface area contributed by atoms with Gasteiger partial charge in [-0.2, -0.15) is 14.9 Å². The summed E-state index contributed by atoms with van der Waals surface area (Å²) in [6.07, 6.45) is 5.00. The summed E-state index contributed by atoms with van der Waals surface area (Å²) in [5, 5.41) is 11.4. The number of nitrogens with one attached hydrogen (secondary N) is 1. The van der Waals surface area contributed by atoms with Gasteiger partial charge < -0.3 is 14.2 Å². The molecule has 1 aromatic carbocycles. The zero-order valence-electron chi connectivity index (χ0n) is 14.5. The van der Waals surface area contributed by atoms with Crippen LogP contribution in [-0.2, 0) is 0 Å². The summed E-state index contributed by atoms with van der Waals surface area (Å²) in [6, 6.07) is 7.24. The molecule has 0 aliphatic carbocycles. The number of ether oxygens (including phenoxy) is 3. The van der Waals surface area contributed by atoms with Crippen LogP contribution < -0.4 is 14.2 Å². The van der Waals surface area contributed by atoms with E-state index in [0.717, 1.165) is 11.1 Å². The molecule has 26 heavy (non-hydrogen) atoms. The van der Waals surface area contributed by atoms with Crippen LogP contribution in [0.5, 0.6) is 17.2 Å². The first kappa shape index (κ1) is 17.6. The highest BCUT2D eigenvalue weighted by Crippen LogP contribution is 2.37. The van der Waals surface area contributed by atoms with Gasteiger partial charge in [0.2, 0.25) is 10.5 Å². The van der Waals surface area contributed by atoms with Gasteiger partial charge in [0, 0.05) is 23.5 Å². The van der Waals surface area contributed by atoms with Crippen molar-refractivity contribution in [3.63, 3.8) is 0 Å². The number of H-pyrrole nitrogens is 1. The molecule has 0 atom stereocenters. The Kier molecular flexibility index (Phi) is 5.28. The molecule has 0 bridgehead atoms. The van der Waals surface area contributed by atoms with E-state index in [0.29, 0.717) is 27.8 Å². The van der Waals surface area contributed by atoms with E-state index in [4.69, 9.17) is 26.4 Å². The standard InChI is InChI=1S/C17H17N5O3S/c1-23-13-8-11(9-14(24-2)15(13)25-3)10-19-22-16(20-21-17(22)26)12-4-6-18-7-5-12/h4-10H,1-3H3,(H,21,26)/b19-10-. The quantitative estimate of drug-likeness (QED) is 0.530. The average Bonchev–Trinajstić information content (AvgIpc) is 3.06. The molecule has 9 heteroatoms. The third kappa shape index (κ3) is 3.42. The Labute approximate surface area is 155 Å². The van der Waals surface area contributed by atoms with Crippen molar-refractivity contribution in [1.82, 2.24) is 19.9 Å². The van der Waals surface area contributed by atoms with Gasteiger partial charge in [-0.05, 0) is 36.5 Å². The molecular formula is C17H17N5O3S. The smallest absolute Gasteiger partial charge is 0.216 e. The first-order valence-corrected chi connectivity index (χ1v) is 8.01. The summed E-state index contributed by atoms with van der Waals surface area (Å²) in [6.45, 7) is 0. The zero-order valence-corrected chi connectivity index (χ0v) is 15.3. The largest absolute Gasteiger partial charge is 0.493 e. The van der Waals surface area contributed by atoms with Gasteiger partial charge in [0.25, 0.3) is 0 Å². The number of nitrogens with zero attached hydrogens (tertiary/aromatic N) is 4. The molecule has 2 aromatic heterocycles. The lowest BCUT2D eigenvalue weighted by Gasteiger charge is -2.12. The molecule has 1 N–H and O–H groups in total. The van der Waals surface area contributed by atoms with Gasteiger partial charge in [-0.15, -0.1) is 0 Å². The van der Waals surface area contributed by atoms with Crippen LogP contribution in [0.15, 0.2) is 41.8 Å². The zero-order chi connectivity index (χ0) is 18.5. The molecule has 3 aromatic rings. The fourth-order valence-corrected chi connectivity index (χ4v) is 2.57. The van der Waals surface area contributed by atoms with Crippen LogP contribution in [-0.4, -0.2) is 47.4 Å². The summed E-state index contributed by atoms with van der Waals surface area (Å²) < 4.78 is 17.9. The molecule has 0 aliphatic heterocycles. The Hall–Kier alpha value is -3.20. The molecule has 3 rings (SSSR count). The lowest BCUT2D eigenvalue weighted by Crippen LogP contribution is -1.98. The van der Waals surface area contributed by atoms with Crippen LogP contribution in [0.2, 0.25) is 0 Å². The summed E-state index contributed by atoms with van der Waals surface area (Å²) >= 11 is 5.27. The van der Waals surface area contributed by atoms with Crippen molar-refractivity contribution in [1.29, 1.82) is 0 Å². The average molecular weight is 371 g/mol. The van der Waals surface area contributed by atoms with E-state index in [1.807, 2.05) is 12.1 Å². The van der Waals surface area contributed by atoms with Crippen LogP contribution in [0.4, 0.5) is 0 Å². The first-order valence-electron chi connectivity index (χ1n) is 7.60. The number of aromatic amines is 1. The lowest BCUT2D eigenvalue weighted by atomic mass is 10.2. The van der Waals surface area contributed by atoms with Crippen LogP contribution in [0, 0.1) is 4.77 Å². The fourth-order valence-electron chi connectivity index (χ4n) is 2.39. The molecule has 134 valence electrons. The molecule has 0 fully saturated rings. The topological polar surface area (TPSA) is 86.6 Å². The third-order valence-electron chi connectivity index (χ3n) is 3.60. The second-order valence-corrected chi connectivity index (χ2v) is 5.49. The van der Waals surface area contributed by atoms with Crippen LogP contribution in [0.25, 0.3) is 11.4 Å². The second-order valence-electron chi connectivity index (χ2n) is 5.10. The van der Waals surface area contributed by atoms with Crippen molar-refractivity contribution in [3.8, 4) is 28.6 Å². The van der Waals surface area contributed by atoms with Gasteiger partial charge >= 0.3 is 0 Å². The van der Waals surface area contributed by atoms with Crippen molar-refractivity contribution in [2.75, 3.05) is 21.3 Å². The Morgan fingerprint density at radius 2 is 1.73 bits per heavy atom. The van der Waals surface area contributed by atoms with Crippen molar-refractivity contribution in [2.45, 2.75) is 0 Å². The van der Waals surface area contributed by atoms with E-state index >= 15 is 0 Å². The maximum absolute atomic E-state index is 5.35. The number of benzene rings is 1. The lowest BCUT2D eigenvalue weighted by molar-refractivity contribution is 0.324. The maximum atomic E-state index is 5.35. The predicted molar refractivity (Wildman–Crippen MR) is 99.7 cm³/mol. The number of pyridine rings is 1. The fraction of sp³-hybridized carbons (Fsp3) is 0.176. The van der Waals surface area contributed by atoms with Gasteiger partial charge in [0.05, 0.1) is 27.5 Å². The summed E-state index contributed by atoms with van der Waals surface area (Å²) in [5.41, 5.74) is 1.60. The van der Waals surface area contributed by atoms with Crippen LogP contribution >= 0.6 is 12.2 Å². The number of rotatable bonds is 6. The number of hydrogen-bond acceptors (Lipinski definition) is 7. The van der Waals surface area contributed by atoms with Crippen LogP contribution in [0.1, 0.15) is 5.56 Å². The summed E-state index contributed by atoms with van der Waals surface area (Å²) in [4.78, 5) is 4.00. The monoisotopic (exact) mass is 371 g/mol. The highest BCUT2D eigenvalue weighted by molar-refractivity contribution is 7.71. The number of hydrogen-bond donors (Lipinski definition) is 1. The Bertz CT molecular complexity index is 957. The molecule has 8 nitrogen and oxygen atoms in total. The minimum atomic E-state index is 0.375. The van der Waals surface area contributed by atoms with Gasteiger partial charge in [0.1, 0.15) is 0 Å². The van der Waals surface area contributed by atoms with Gasteiger partial charge in [-0.25, -0.2) is 5.10 Å². The van der Waals surface area contributed by atoms with E-state index in [-0.39, 0.29) is 0 Å². The third-order valence-corrected chi connectivity index (χ3v) is 3.86. The van der Waals surface area contributed by atoms with Gasteiger partial charge in [0.15, 0.2) is 17.3 Å². The molecule has 0 aliphatic rings.